The summed E-state index contributed by atoms with van der Waals surface area (Å²) in [6, 6.07) is 19.9. The van der Waals surface area contributed by atoms with Gasteiger partial charge in [-0.1, -0.05) is 60.7 Å². The molecule has 0 aliphatic carbocycles. The van der Waals surface area contributed by atoms with Gasteiger partial charge in [0.2, 0.25) is 0 Å². The molecule has 0 spiro atoms. The van der Waals surface area contributed by atoms with Crippen molar-refractivity contribution in [3.63, 3.8) is 0 Å². The maximum absolute atomic E-state index is 12.2. The summed E-state index contributed by atoms with van der Waals surface area (Å²) < 4.78 is 4.98. The molecular weight excluding hydrogens is 262 g/mol. The Hall–Kier alpha value is -2.29. The van der Waals surface area contributed by atoms with Crippen LogP contribution in [-0.2, 0) is 4.74 Å². The first kappa shape index (κ1) is 15.1. The van der Waals surface area contributed by atoms with Crippen LogP contribution in [0.15, 0.2) is 60.7 Å². The minimum absolute atomic E-state index is 0.0304. The summed E-state index contributed by atoms with van der Waals surface area (Å²) in [5.41, 5.74) is 2.14. The fourth-order valence-corrected chi connectivity index (χ4v) is 2.50. The lowest BCUT2D eigenvalue weighted by Crippen LogP contribution is -2.40. The summed E-state index contributed by atoms with van der Waals surface area (Å²) in [4.78, 5) is 14.0. The molecule has 0 N–H and O–H groups in total. The number of ether oxygens (including phenoxy) is 1. The minimum atomic E-state index is -0.317. The predicted molar refractivity (Wildman–Crippen MR) is 84.1 cm³/mol. The van der Waals surface area contributed by atoms with Gasteiger partial charge in [0.25, 0.3) is 0 Å². The van der Waals surface area contributed by atoms with Gasteiger partial charge in [0.05, 0.1) is 13.2 Å². The lowest BCUT2D eigenvalue weighted by Gasteiger charge is -2.34. The van der Waals surface area contributed by atoms with Gasteiger partial charge in [-0.2, -0.15) is 0 Å². The van der Waals surface area contributed by atoms with Crippen molar-refractivity contribution in [1.82, 2.24) is 4.90 Å². The van der Waals surface area contributed by atoms with E-state index in [4.69, 9.17) is 4.74 Å². The molecule has 0 atom stereocenters. The zero-order chi connectivity index (χ0) is 15.2. The van der Waals surface area contributed by atoms with Crippen LogP contribution in [0.3, 0.4) is 0 Å². The normalized spacial score (nSPS) is 10.7. The van der Waals surface area contributed by atoms with Crippen LogP contribution in [0.4, 0.5) is 4.79 Å². The molecule has 2 aromatic rings. The standard InChI is InChI=1S/C18H21NO2/c1-14(2)19(18(20)21-3)17(15-10-6-4-7-11-15)16-12-8-5-9-13-16/h4-14,17H,1-3H3. The van der Waals surface area contributed by atoms with Crippen LogP contribution >= 0.6 is 0 Å². The van der Waals surface area contributed by atoms with Gasteiger partial charge in [0.15, 0.2) is 0 Å². The molecule has 2 rings (SSSR count). The molecule has 3 nitrogen and oxygen atoms in total. The van der Waals surface area contributed by atoms with E-state index in [1.165, 1.54) is 7.11 Å². The number of hydrogen-bond acceptors (Lipinski definition) is 2. The third-order valence-electron chi connectivity index (χ3n) is 3.45. The number of methoxy groups -OCH3 is 1. The molecule has 0 saturated heterocycles. The number of carbonyl (C=O) groups excluding carboxylic acids is 1. The third-order valence-corrected chi connectivity index (χ3v) is 3.45. The Kier molecular flexibility index (Phi) is 4.99. The Balaban J connectivity index is 2.52. The molecule has 0 radical (unpaired) electrons. The van der Waals surface area contributed by atoms with Crippen molar-refractivity contribution in [2.75, 3.05) is 7.11 Å². The summed E-state index contributed by atoms with van der Waals surface area (Å²) in [5.74, 6) is 0. The predicted octanol–water partition coefficient (Wildman–Crippen LogP) is 4.25. The Morgan fingerprint density at radius 2 is 1.33 bits per heavy atom. The summed E-state index contributed by atoms with van der Waals surface area (Å²) in [5, 5.41) is 0. The molecule has 1 amide bonds. The van der Waals surface area contributed by atoms with E-state index >= 15 is 0 Å². The largest absolute Gasteiger partial charge is 0.453 e. The second kappa shape index (κ2) is 6.93. The molecule has 21 heavy (non-hydrogen) atoms. The van der Waals surface area contributed by atoms with Gasteiger partial charge in [-0.05, 0) is 25.0 Å². The molecule has 0 aromatic heterocycles. The van der Waals surface area contributed by atoms with Crippen molar-refractivity contribution in [3.05, 3.63) is 71.8 Å². The van der Waals surface area contributed by atoms with E-state index in [0.29, 0.717) is 0 Å². The maximum Gasteiger partial charge on any atom is 0.410 e. The van der Waals surface area contributed by atoms with Crippen LogP contribution < -0.4 is 0 Å². The van der Waals surface area contributed by atoms with Crippen molar-refractivity contribution in [3.8, 4) is 0 Å². The minimum Gasteiger partial charge on any atom is -0.453 e. The Bertz CT molecular complexity index is 527. The summed E-state index contributed by atoms with van der Waals surface area (Å²) in [6.07, 6.45) is -0.317. The van der Waals surface area contributed by atoms with Crippen LogP contribution in [0.25, 0.3) is 0 Å². The van der Waals surface area contributed by atoms with Crippen LogP contribution in [0, 0.1) is 0 Å². The first-order valence-corrected chi connectivity index (χ1v) is 7.11. The van der Waals surface area contributed by atoms with Crippen molar-refractivity contribution >= 4 is 6.09 Å². The second-order valence-corrected chi connectivity index (χ2v) is 5.19. The summed E-state index contributed by atoms with van der Waals surface area (Å²) in [6.45, 7) is 3.99. The molecule has 0 aliphatic heterocycles. The molecular formula is C18H21NO2. The van der Waals surface area contributed by atoms with Gasteiger partial charge in [-0.3, -0.25) is 4.90 Å². The van der Waals surface area contributed by atoms with Crippen molar-refractivity contribution in [2.24, 2.45) is 0 Å². The van der Waals surface area contributed by atoms with E-state index in [2.05, 4.69) is 0 Å². The van der Waals surface area contributed by atoms with Gasteiger partial charge in [-0.15, -0.1) is 0 Å². The third kappa shape index (κ3) is 3.43. The van der Waals surface area contributed by atoms with Gasteiger partial charge >= 0.3 is 6.09 Å². The van der Waals surface area contributed by atoms with E-state index in [1.807, 2.05) is 74.5 Å². The van der Waals surface area contributed by atoms with Crippen molar-refractivity contribution in [1.29, 1.82) is 0 Å². The molecule has 0 fully saturated rings. The number of hydrogen-bond donors (Lipinski definition) is 0. The van der Waals surface area contributed by atoms with E-state index in [0.717, 1.165) is 11.1 Å². The first-order chi connectivity index (χ1) is 10.1. The lowest BCUT2D eigenvalue weighted by atomic mass is 9.96. The van der Waals surface area contributed by atoms with Crippen LogP contribution in [0.2, 0.25) is 0 Å². The SMILES string of the molecule is COC(=O)N(C(C)C)C(c1ccccc1)c1ccccc1. The molecule has 0 saturated carbocycles. The fraction of sp³-hybridized carbons (Fsp3) is 0.278. The Morgan fingerprint density at radius 3 is 1.67 bits per heavy atom. The fourth-order valence-electron chi connectivity index (χ4n) is 2.50. The number of benzene rings is 2. The van der Waals surface area contributed by atoms with E-state index in [-0.39, 0.29) is 18.2 Å². The number of rotatable bonds is 4. The Labute approximate surface area is 126 Å². The smallest absolute Gasteiger partial charge is 0.410 e. The van der Waals surface area contributed by atoms with Gasteiger partial charge < -0.3 is 4.74 Å². The molecule has 110 valence electrons. The average Bonchev–Trinajstić information content (AvgIpc) is 2.53. The van der Waals surface area contributed by atoms with E-state index in [1.54, 1.807) is 4.90 Å². The van der Waals surface area contributed by atoms with Crippen LogP contribution in [0.1, 0.15) is 31.0 Å². The van der Waals surface area contributed by atoms with Gasteiger partial charge in [-0.25, -0.2) is 4.79 Å². The zero-order valence-corrected chi connectivity index (χ0v) is 12.7. The molecule has 0 aliphatic rings. The number of amides is 1. The molecule has 0 heterocycles. The summed E-state index contributed by atoms with van der Waals surface area (Å²) >= 11 is 0. The highest BCUT2D eigenvalue weighted by molar-refractivity contribution is 5.69. The quantitative estimate of drug-likeness (QED) is 0.839. The highest BCUT2D eigenvalue weighted by Crippen LogP contribution is 2.30. The molecule has 0 bridgehead atoms. The monoisotopic (exact) mass is 283 g/mol. The molecule has 3 heteroatoms. The average molecular weight is 283 g/mol. The van der Waals surface area contributed by atoms with Gasteiger partial charge in [0.1, 0.15) is 0 Å². The highest BCUT2D eigenvalue weighted by Gasteiger charge is 2.29. The summed E-state index contributed by atoms with van der Waals surface area (Å²) in [7, 11) is 1.42. The molecule has 0 unspecified atom stereocenters. The Morgan fingerprint density at radius 1 is 0.905 bits per heavy atom. The van der Waals surface area contributed by atoms with E-state index in [9.17, 15) is 4.79 Å². The van der Waals surface area contributed by atoms with Crippen molar-refractivity contribution < 1.29 is 9.53 Å². The maximum atomic E-state index is 12.2. The van der Waals surface area contributed by atoms with Crippen LogP contribution in [-0.4, -0.2) is 24.1 Å². The van der Waals surface area contributed by atoms with Crippen molar-refractivity contribution in [2.45, 2.75) is 25.9 Å². The van der Waals surface area contributed by atoms with Crippen LogP contribution in [0.5, 0.6) is 0 Å². The number of carbonyl (C=O) groups is 1. The van der Waals surface area contributed by atoms with E-state index < -0.39 is 0 Å². The topological polar surface area (TPSA) is 29.5 Å². The second-order valence-electron chi connectivity index (χ2n) is 5.19. The molecule has 2 aromatic carbocycles. The number of nitrogens with zero attached hydrogens (tertiary/aromatic N) is 1. The lowest BCUT2D eigenvalue weighted by molar-refractivity contribution is 0.0974. The highest BCUT2D eigenvalue weighted by atomic mass is 16.5. The zero-order valence-electron chi connectivity index (χ0n) is 12.7. The van der Waals surface area contributed by atoms with Gasteiger partial charge in [0, 0.05) is 6.04 Å². The first-order valence-electron chi connectivity index (χ1n) is 7.11.